The quantitative estimate of drug-likeness (QED) is 0.797. The van der Waals surface area contributed by atoms with Gasteiger partial charge in [-0.3, -0.25) is 9.78 Å². The van der Waals surface area contributed by atoms with E-state index in [1.54, 1.807) is 13.0 Å². The molecule has 0 aliphatic heterocycles. The number of hydrogen-bond acceptors (Lipinski definition) is 5. The highest BCUT2D eigenvalue weighted by Crippen LogP contribution is 2.45. The largest absolute Gasteiger partial charge is 0.366 e. The second kappa shape index (κ2) is 5.56. The first-order valence-corrected chi connectivity index (χ1v) is 7.82. The summed E-state index contributed by atoms with van der Waals surface area (Å²) in [6, 6.07) is 9.65. The minimum Gasteiger partial charge on any atom is -0.366 e. The third-order valence-corrected chi connectivity index (χ3v) is 4.18. The van der Waals surface area contributed by atoms with Crippen molar-refractivity contribution in [2.75, 3.05) is 0 Å². The minimum atomic E-state index is -0.473. The maximum atomic E-state index is 11.2. The van der Waals surface area contributed by atoms with Gasteiger partial charge in [-0.15, -0.1) is 0 Å². The van der Waals surface area contributed by atoms with Gasteiger partial charge in [0.2, 0.25) is 17.6 Å². The highest BCUT2D eigenvalue weighted by atomic mass is 16.5. The molecule has 3 aromatic rings. The van der Waals surface area contributed by atoms with E-state index in [0.717, 1.165) is 16.8 Å². The molecule has 1 aliphatic rings. The average Bonchev–Trinajstić information content (AvgIpc) is 3.35. The predicted molar refractivity (Wildman–Crippen MR) is 88.2 cm³/mol. The van der Waals surface area contributed by atoms with Crippen molar-refractivity contribution >= 4 is 5.91 Å². The molecule has 0 atom stereocenters. The Morgan fingerprint density at radius 2 is 2.08 bits per heavy atom. The summed E-state index contributed by atoms with van der Waals surface area (Å²) in [7, 11) is 0. The molecule has 1 saturated carbocycles. The SMILES string of the molecule is Cc1nc(-c2ccc(-c3ccc(C(N)=O)cn3)c(C3CC3)c2)no1. The maximum absolute atomic E-state index is 11.2. The number of hydrogen-bond donors (Lipinski definition) is 1. The molecular weight excluding hydrogens is 304 g/mol. The van der Waals surface area contributed by atoms with E-state index in [1.165, 1.54) is 24.6 Å². The van der Waals surface area contributed by atoms with Gasteiger partial charge in [0.15, 0.2) is 0 Å². The van der Waals surface area contributed by atoms with Gasteiger partial charge in [0.1, 0.15) is 0 Å². The summed E-state index contributed by atoms with van der Waals surface area (Å²) >= 11 is 0. The standard InChI is InChI=1S/C18H16N4O2/c1-10-21-18(22-24-10)12-4-6-14(15(8-12)11-2-3-11)16-7-5-13(9-20-16)17(19)23/h4-9,11H,2-3H2,1H3,(H2,19,23). The van der Waals surface area contributed by atoms with Crippen LogP contribution in [0, 0.1) is 6.92 Å². The fourth-order valence-electron chi connectivity index (χ4n) is 2.78. The number of nitrogens with two attached hydrogens (primary N) is 1. The summed E-state index contributed by atoms with van der Waals surface area (Å²) in [6.45, 7) is 1.77. The zero-order valence-corrected chi connectivity index (χ0v) is 13.2. The molecule has 1 aliphatic carbocycles. The summed E-state index contributed by atoms with van der Waals surface area (Å²) in [6.07, 6.45) is 3.85. The molecule has 0 bridgehead atoms. The molecule has 120 valence electrons. The molecule has 6 nitrogen and oxygen atoms in total. The predicted octanol–water partition coefficient (Wildman–Crippen LogP) is 3.08. The van der Waals surface area contributed by atoms with Gasteiger partial charge in [-0.25, -0.2) is 0 Å². The van der Waals surface area contributed by atoms with Crippen molar-refractivity contribution in [3.05, 3.63) is 53.5 Å². The van der Waals surface area contributed by atoms with Crippen LogP contribution in [-0.4, -0.2) is 21.0 Å². The third kappa shape index (κ3) is 2.67. The molecule has 0 spiro atoms. The summed E-state index contributed by atoms with van der Waals surface area (Å²) in [5.74, 6) is 1.20. The zero-order valence-electron chi connectivity index (χ0n) is 13.2. The Morgan fingerprint density at radius 1 is 1.25 bits per heavy atom. The van der Waals surface area contributed by atoms with Gasteiger partial charge in [-0.05, 0) is 42.5 Å². The maximum Gasteiger partial charge on any atom is 0.250 e. The number of amides is 1. The molecule has 2 heterocycles. The highest BCUT2D eigenvalue weighted by molar-refractivity contribution is 5.92. The number of nitrogens with zero attached hydrogens (tertiary/aromatic N) is 3. The first kappa shape index (κ1) is 14.6. The van der Waals surface area contributed by atoms with Gasteiger partial charge in [-0.1, -0.05) is 17.3 Å². The van der Waals surface area contributed by atoms with Gasteiger partial charge in [0.25, 0.3) is 0 Å². The number of aromatic nitrogens is 3. The van der Waals surface area contributed by atoms with Crippen LogP contribution in [-0.2, 0) is 0 Å². The molecule has 0 radical (unpaired) electrons. The Labute approximate surface area is 138 Å². The smallest absolute Gasteiger partial charge is 0.250 e. The lowest BCUT2D eigenvalue weighted by Crippen LogP contribution is -2.11. The molecular formula is C18H16N4O2. The Morgan fingerprint density at radius 3 is 2.67 bits per heavy atom. The molecule has 2 N–H and O–H groups in total. The van der Waals surface area contributed by atoms with Crippen LogP contribution in [0.25, 0.3) is 22.6 Å². The summed E-state index contributed by atoms with van der Waals surface area (Å²) < 4.78 is 5.07. The number of primary amides is 1. The zero-order chi connectivity index (χ0) is 16.7. The van der Waals surface area contributed by atoms with Gasteiger partial charge in [0, 0.05) is 24.2 Å². The second-order valence-corrected chi connectivity index (χ2v) is 6.01. The van der Waals surface area contributed by atoms with Crippen LogP contribution in [0.5, 0.6) is 0 Å². The summed E-state index contributed by atoms with van der Waals surface area (Å²) in [5, 5.41) is 3.99. The van der Waals surface area contributed by atoms with E-state index < -0.39 is 5.91 Å². The molecule has 0 saturated heterocycles. The Hall–Kier alpha value is -3.02. The van der Waals surface area contributed by atoms with Crippen LogP contribution in [0.2, 0.25) is 0 Å². The third-order valence-electron chi connectivity index (χ3n) is 4.18. The number of carbonyl (C=O) groups excluding carboxylic acids is 1. The van der Waals surface area contributed by atoms with Crippen LogP contribution in [0.15, 0.2) is 41.1 Å². The minimum absolute atomic E-state index is 0.408. The second-order valence-electron chi connectivity index (χ2n) is 6.01. The van der Waals surface area contributed by atoms with Gasteiger partial charge in [0.05, 0.1) is 11.3 Å². The van der Waals surface area contributed by atoms with Gasteiger partial charge >= 0.3 is 0 Å². The Kier molecular flexibility index (Phi) is 3.37. The Bertz CT molecular complexity index is 911. The van der Waals surface area contributed by atoms with Crippen LogP contribution in [0.1, 0.15) is 40.6 Å². The van der Waals surface area contributed by atoms with Crippen LogP contribution in [0.4, 0.5) is 0 Å². The normalized spacial score (nSPS) is 13.9. The topological polar surface area (TPSA) is 94.9 Å². The molecule has 2 aromatic heterocycles. The molecule has 24 heavy (non-hydrogen) atoms. The number of aryl methyl sites for hydroxylation is 1. The lowest BCUT2D eigenvalue weighted by atomic mass is 9.97. The van der Waals surface area contributed by atoms with E-state index in [0.29, 0.717) is 23.2 Å². The van der Waals surface area contributed by atoms with E-state index >= 15 is 0 Å². The average molecular weight is 320 g/mol. The van der Waals surface area contributed by atoms with E-state index in [1.807, 2.05) is 18.2 Å². The number of pyridine rings is 1. The Balaban J connectivity index is 1.76. The molecule has 0 unspecified atom stereocenters. The molecule has 6 heteroatoms. The van der Waals surface area contributed by atoms with Gasteiger partial charge in [-0.2, -0.15) is 4.98 Å². The fraction of sp³-hybridized carbons (Fsp3) is 0.222. The molecule has 1 aromatic carbocycles. The van der Waals surface area contributed by atoms with Crippen molar-refractivity contribution in [2.24, 2.45) is 5.73 Å². The van der Waals surface area contributed by atoms with Crippen molar-refractivity contribution in [1.82, 2.24) is 15.1 Å². The van der Waals surface area contributed by atoms with Crippen molar-refractivity contribution < 1.29 is 9.32 Å². The first-order chi connectivity index (χ1) is 11.6. The number of benzene rings is 1. The number of rotatable bonds is 4. The van der Waals surface area contributed by atoms with E-state index in [-0.39, 0.29) is 0 Å². The van der Waals surface area contributed by atoms with E-state index in [4.69, 9.17) is 10.3 Å². The first-order valence-electron chi connectivity index (χ1n) is 7.82. The van der Waals surface area contributed by atoms with Crippen molar-refractivity contribution in [3.63, 3.8) is 0 Å². The molecule has 4 rings (SSSR count). The summed E-state index contributed by atoms with van der Waals surface area (Å²) in [5.41, 5.74) is 9.75. The van der Waals surface area contributed by atoms with Crippen LogP contribution < -0.4 is 5.73 Å². The fourth-order valence-corrected chi connectivity index (χ4v) is 2.78. The van der Waals surface area contributed by atoms with Crippen molar-refractivity contribution in [2.45, 2.75) is 25.7 Å². The monoisotopic (exact) mass is 320 g/mol. The van der Waals surface area contributed by atoms with E-state index in [9.17, 15) is 4.79 Å². The van der Waals surface area contributed by atoms with Crippen LogP contribution >= 0.6 is 0 Å². The lowest BCUT2D eigenvalue weighted by Gasteiger charge is -2.10. The molecule has 1 fully saturated rings. The van der Waals surface area contributed by atoms with Crippen LogP contribution in [0.3, 0.4) is 0 Å². The van der Waals surface area contributed by atoms with Crippen molar-refractivity contribution in [1.29, 1.82) is 0 Å². The van der Waals surface area contributed by atoms with Crippen molar-refractivity contribution in [3.8, 4) is 22.6 Å². The highest BCUT2D eigenvalue weighted by Gasteiger charge is 2.27. The number of carbonyl (C=O) groups is 1. The van der Waals surface area contributed by atoms with E-state index in [2.05, 4.69) is 21.2 Å². The lowest BCUT2D eigenvalue weighted by molar-refractivity contribution is 0.1000. The summed E-state index contributed by atoms with van der Waals surface area (Å²) in [4.78, 5) is 19.9. The van der Waals surface area contributed by atoms with Gasteiger partial charge < -0.3 is 10.3 Å². The molecule has 1 amide bonds.